The molecule has 0 amide bonds. The van der Waals surface area contributed by atoms with E-state index in [0.29, 0.717) is 16.5 Å². The molecule has 0 atom stereocenters. The third-order valence-corrected chi connectivity index (χ3v) is 4.61. The molecule has 1 aromatic heterocycles. The summed E-state index contributed by atoms with van der Waals surface area (Å²) >= 11 is 1.25. The molecule has 3 rings (SSSR count). The molecular weight excluding hydrogens is 346 g/mol. The largest absolute Gasteiger partial charge is 0.360 e. The van der Waals surface area contributed by atoms with Crippen LogP contribution in [0, 0.1) is 20.2 Å². The van der Waals surface area contributed by atoms with Gasteiger partial charge in [0.1, 0.15) is 0 Å². The quantitative estimate of drug-likeness (QED) is 0.309. The summed E-state index contributed by atoms with van der Waals surface area (Å²) in [5.41, 5.74) is 0.936. The van der Waals surface area contributed by atoms with Crippen LogP contribution < -0.4 is 0 Å². The van der Waals surface area contributed by atoms with Crippen molar-refractivity contribution >= 4 is 39.8 Å². The molecule has 9 heteroatoms. The van der Waals surface area contributed by atoms with E-state index in [9.17, 15) is 25.0 Å². The molecule has 0 saturated heterocycles. The van der Waals surface area contributed by atoms with Crippen LogP contribution >= 0.6 is 11.8 Å². The highest BCUT2D eigenvalue weighted by Crippen LogP contribution is 2.27. The first kappa shape index (κ1) is 16.7. The number of thioether (sulfide) groups is 1. The van der Waals surface area contributed by atoms with Crippen molar-refractivity contribution in [2.24, 2.45) is 0 Å². The first-order valence-corrected chi connectivity index (χ1v) is 8.10. The van der Waals surface area contributed by atoms with Crippen LogP contribution in [0.3, 0.4) is 0 Å². The molecule has 0 radical (unpaired) electrons. The Morgan fingerprint density at radius 1 is 1.00 bits per heavy atom. The van der Waals surface area contributed by atoms with Crippen LogP contribution in [0.1, 0.15) is 10.4 Å². The molecule has 0 spiro atoms. The number of aromatic nitrogens is 1. The Bertz CT molecular complexity index is 981. The number of nitro groups is 2. The molecule has 1 heterocycles. The van der Waals surface area contributed by atoms with Gasteiger partial charge in [0.2, 0.25) is 0 Å². The number of rotatable bonds is 6. The number of aromatic amines is 1. The Hall–Kier alpha value is -3.20. The van der Waals surface area contributed by atoms with Gasteiger partial charge in [-0.3, -0.25) is 25.0 Å². The SMILES string of the molecule is O=C(CSc1ccc([N+](=O)[O-])cc1)c1c[nH]c2ccc([N+](=O)[O-])cc12. The number of nitro benzene ring substituents is 2. The van der Waals surface area contributed by atoms with Gasteiger partial charge >= 0.3 is 0 Å². The molecule has 25 heavy (non-hydrogen) atoms. The maximum Gasteiger partial charge on any atom is 0.270 e. The molecule has 0 aliphatic carbocycles. The van der Waals surface area contributed by atoms with Gasteiger partial charge in [-0.25, -0.2) is 0 Å². The molecule has 0 bridgehead atoms. The van der Waals surface area contributed by atoms with Gasteiger partial charge in [-0.15, -0.1) is 11.8 Å². The van der Waals surface area contributed by atoms with Crippen molar-refractivity contribution in [1.82, 2.24) is 4.98 Å². The summed E-state index contributed by atoms with van der Waals surface area (Å²) in [7, 11) is 0. The van der Waals surface area contributed by atoms with Gasteiger partial charge in [-0.2, -0.15) is 0 Å². The van der Waals surface area contributed by atoms with E-state index in [2.05, 4.69) is 4.98 Å². The van der Waals surface area contributed by atoms with Crippen LogP contribution in [0.15, 0.2) is 53.6 Å². The normalized spacial score (nSPS) is 10.7. The van der Waals surface area contributed by atoms with Crippen molar-refractivity contribution in [2.75, 3.05) is 5.75 Å². The first-order chi connectivity index (χ1) is 12.0. The average molecular weight is 357 g/mol. The second-order valence-corrected chi connectivity index (χ2v) is 6.20. The lowest BCUT2D eigenvalue weighted by Crippen LogP contribution is -2.01. The fourth-order valence-electron chi connectivity index (χ4n) is 2.34. The number of nitrogens with one attached hydrogen (secondary N) is 1. The molecular formula is C16H11N3O5S. The van der Waals surface area contributed by atoms with E-state index in [-0.39, 0.29) is 22.9 Å². The molecule has 0 aliphatic rings. The van der Waals surface area contributed by atoms with Crippen LogP contribution in [0.25, 0.3) is 10.9 Å². The minimum atomic E-state index is -0.508. The summed E-state index contributed by atoms with van der Waals surface area (Å²) < 4.78 is 0. The van der Waals surface area contributed by atoms with Gasteiger partial charge in [0, 0.05) is 51.8 Å². The Morgan fingerprint density at radius 3 is 2.28 bits per heavy atom. The number of H-pyrrole nitrogens is 1. The van der Waals surface area contributed by atoms with Crippen LogP contribution in [0.5, 0.6) is 0 Å². The predicted molar refractivity (Wildman–Crippen MR) is 93.1 cm³/mol. The first-order valence-electron chi connectivity index (χ1n) is 7.11. The highest BCUT2D eigenvalue weighted by Gasteiger charge is 2.16. The van der Waals surface area contributed by atoms with Gasteiger partial charge in [0.25, 0.3) is 11.4 Å². The fraction of sp³-hybridized carbons (Fsp3) is 0.0625. The van der Waals surface area contributed by atoms with Gasteiger partial charge in [0.15, 0.2) is 5.78 Å². The molecule has 0 fully saturated rings. The van der Waals surface area contributed by atoms with Crippen LogP contribution in [-0.2, 0) is 0 Å². The summed E-state index contributed by atoms with van der Waals surface area (Å²) in [4.78, 5) is 36.6. The maximum absolute atomic E-state index is 12.4. The Kier molecular flexibility index (Phi) is 4.48. The van der Waals surface area contributed by atoms with E-state index in [1.807, 2.05) is 0 Å². The molecule has 126 valence electrons. The number of benzene rings is 2. The molecule has 1 N–H and O–H groups in total. The van der Waals surface area contributed by atoms with E-state index in [1.165, 1.54) is 42.2 Å². The summed E-state index contributed by atoms with van der Waals surface area (Å²) in [6, 6.07) is 10.2. The predicted octanol–water partition coefficient (Wildman–Crippen LogP) is 3.96. The van der Waals surface area contributed by atoms with E-state index < -0.39 is 9.85 Å². The topological polar surface area (TPSA) is 119 Å². The van der Waals surface area contributed by atoms with E-state index in [1.54, 1.807) is 18.2 Å². The maximum atomic E-state index is 12.4. The minimum Gasteiger partial charge on any atom is -0.360 e. The Balaban J connectivity index is 1.77. The average Bonchev–Trinajstić information content (AvgIpc) is 3.03. The second-order valence-electron chi connectivity index (χ2n) is 5.15. The van der Waals surface area contributed by atoms with Crippen molar-refractivity contribution in [3.05, 3.63) is 74.5 Å². The number of Topliss-reactive ketones (excluding diaryl/α,β-unsaturated/α-hetero) is 1. The molecule has 0 unspecified atom stereocenters. The van der Waals surface area contributed by atoms with Crippen molar-refractivity contribution in [3.8, 4) is 0 Å². The Labute approximate surface area is 145 Å². The van der Waals surface area contributed by atoms with Gasteiger partial charge in [-0.1, -0.05) is 0 Å². The second kappa shape index (κ2) is 6.73. The van der Waals surface area contributed by atoms with Crippen molar-refractivity contribution in [3.63, 3.8) is 0 Å². The number of hydrogen-bond donors (Lipinski definition) is 1. The zero-order valence-corrected chi connectivity index (χ0v) is 13.5. The number of fused-ring (bicyclic) bond motifs is 1. The zero-order chi connectivity index (χ0) is 18.0. The van der Waals surface area contributed by atoms with Crippen LogP contribution in [0.4, 0.5) is 11.4 Å². The number of carbonyl (C=O) groups excluding carboxylic acids is 1. The smallest absolute Gasteiger partial charge is 0.270 e. The number of hydrogen-bond acceptors (Lipinski definition) is 6. The van der Waals surface area contributed by atoms with E-state index >= 15 is 0 Å². The zero-order valence-electron chi connectivity index (χ0n) is 12.7. The molecule has 8 nitrogen and oxygen atoms in total. The van der Waals surface area contributed by atoms with Gasteiger partial charge in [0.05, 0.1) is 15.6 Å². The van der Waals surface area contributed by atoms with Gasteiger partial charge < -0.3 is 4.98 Å². The van der Waals surface area contributed by atoms with E-state index in [0.717, 1.165) is 4.90 Å². The Morgan fingerprint density at radius 2 is 1.64 bits per heavy atom. The lowest BCUT2D eigenvalue weighted by molar-refractivity contribution is -0.385. The van der Waals surface area contributed by atoms with Crippen molar-refractivity contribution in [1.29, 1.82) is 0 Å². The molecule has 0 aliphatic heterocycles. The molecule has 3 aromatic rings. The number of nitrogens with zero attached hydrogens (tertiary/aromatic N) is 2. The monoisotopic (exact) mass is 357 g/mol. The summed E-state index contributed by atoms with van der Waals surface area (Å²) in [6.07, 6.45) is 1.53. The molecule has 2 aromatic carbocycles. The highest BCUT2D eigenvalue weighted by atomic mass is 32.2. The number of carbonyl (C=O) groups is 1. The standard InChI is InChI=1S/C16H11N3O5S/c20-16(9-25-12-4-1-10(2-5-12)18(21)22)14-8-17-15-6-3-11(19(23)24)7-13(14)15/h1-8,17H,9H2. The third-order valence-electron chi connectivity index (χ3n) is 3.59. The summed E-state index contributed by atoms with van der Waals surface area (Å²) in [6.45, 7) is 0. The molecule has 0 saturated carbocycles. The number of ketones is 1. The highest BCUT2D eigenvalue weighted by molar-refractivity contribution is 8.00. The lowest BCUT2D eigenvalue weighted by atomic mass is 10.1. The van der Waals surface area contributed by atoms with Crippen LogP contribution in [-0.4, -0.2) is 26.4 Å². The third kappa shape index (κ3) is 3.50. The summed E-state index contributed by atoms with van der Waals surface area (Å²) in [5.74, 6) is -0.0666. The summed E-state index contributed by atoms with van der Waals surface area (Å²) in [5, 5.41) is 22.0. The minimum absolute atomic E-state index is 0.0142. The lowest BCUT2D eigenvalue weighted by Gasteiger charge is -2.01. The van der Waals surface area contributed by atoms with E-state index in [4.69, 9.17) is 0 Å². The van der Waals surface area contributed by atoms with Crippen molar-refractivity contribution in [2.45, 2.75) is 4.90 Å². The van der Waals surface area contributed by atoms with Crippen LogP contribution in [0.2, 0.25) is 0 Å². The fourth-order valence-corrected chi connectivity index (χ4v) is 3.13. The van der Waals surface area contributed by atoms with Crippen molar-refractivity contribution < 1.29 is 14.6 Å². The van der Waals surface area contributed by atoms with Gasteiger partial charge in [-0.05, 0) is 18.2 Å². The number of non-ortho nitro benzene ring substituents is 2.